The van der Waals surface area contributed by atoms with Gasteiger partial charge in [-0.1, -0.05) is 13.8 Å². The summed E-state index contributed by atoms with van der Waals surface area (Å²) in [5, 5.41) is 3.12. The van der Waals surface area contributed by atoms with Crippen molar-refractivity contribution in [2.24, 2.45) is 0 Å². The van der Waals surface area contributed by atoms with Crippen LogP contribution in [0, 0.1) is 6.92 Å². The summed E-state index contributed by atoms with van der Waals surface area (Å²) in [7, 11) is 1.77. The summed E-state index contributed by atoms with van der Waals surface area (Å²) < 4.78 is 10.7. The summed E-state index contributed by atoms with van der Waals surface area (Å²) in [5.74, 6) is 1.45. The van der Waals surface area contributed by atoms with Gasteiger partial charge in [0.25, 0.3) is 0 Å². The zero-order valence-corrected chi connectivity index (χ0v) is 11.8. The van der Waals surface area contributed by atoms with E-state index in [0.717, 1.165) is 17.0 Å². The molecule has 0 bridgehead atoms. The van der Waals surface area contributed by atoms with E-state index in [0.29, 0.717) is 12.3 Å². The maximum absolute atomic E-state index is 12.1. The molecule has 2 rings (SSSR count). The molecule has 0 spiro atoms. The number of nitrogens with zero attached hydrogens (tertiary/aromatic N) is 1. The Balaban J connectivity index is 2.15. The van der Waals surface area contributed by atoms with Gasteiger partial charge in [-0.15, -0.1) is 0 Å². The van der Waals surface area contributed by atoms with Crippen LogP contribution in [0.5, 0.6) is 11.5 Å². The Morgan fingerprint density at radius 3 is 2.63 bits per heavy atom. The molecule has 0 unspecified atom stereocenters. The van der Waals surface area contributed by atoms with E-state index in [1.54, 1.807) is 11.9 Å². The molecule has 1 heterocycles. The molecule has 104 valence electrons. The predicted molar refractivity (Wildman–Crippen MR) is 73.9 cm³/mol. The van der Waals surface area contributed by atoms with Crippen LogP contribution in [0.15, 0.2) is 12.1 Å². The van der Waals surface area contributed by atoms with Crippen molar-refractivity contribution in [1.82, 2.24) is 5.32 Å². The van der Waals surface area contributed by atoms with Crippen LogP contribution in [0.2, 0.25) is 0 Å². The van der Waals surface area contributed by atoms with E-state index in [-0.39, 0.29) is 18.7 Å². The fraction of sp³-hybridized carbons (Fsp3) is 0.500. The molecule has 1 N–H and O–H groups in total. The van der Waals surface area contributed by atoms with Crippen molar-refractivity contribution in [1.29, 1.82) is 0 Å². The van der Waals surface area contributed by atoms with Gasteiger partial charge in [-0.3, -0.25) is 4.79 Å². The summed E-state index contributed by atoms with van der Waals surface area (Å²) >= 11 is 0. The minimum atomic E-state index is 0.0238. The van der Waals surface area contributed by atoms with E-state index in [1.807, 2.05) is 32.9 Å². The average molecular weight is 264 g/mol. The Bertz CT molecular complexity index is 486. The average Bonchev–Trinajstić information content (AvgIpc) is 2.80. The number of anilines is 1. The van der Waals surface area contributed by atoms with Crippen molar-refractivity contribution in [2.75, 3.05) is 25.3 Å². The van der Waals surface area contributed by atoms with Crippen molar-refractivity contribution >= 4 is 11.6 Å². The summed E-state index contributed by atoms with van der Waals surface area (Å²) in [4.78, 5) is 13.7. The van der Waals surface area contributed by atoms with Gasteiger partial charge in [0, 0.05) is 19.2 Å². The lowest BCUT2D eigenvalue weighted by Gasteiger charge is -2.21. The zero-order chi connectivity index (χ0) is 14.0. The van der Waals surface area contributed by atoms with Gasteiger partial charge >= 0.3 is 0 Å². The molecule has 0 aromatic heterocycles. The molecule has 19 heavy (non-hydrogen) atoms. The molecule has 0 saturated heterocycles. The number of benzene rings is 1. The van der Waals surface area contributed by atoms with Crippen molar-refractivity contribution < 1.29 is 14.3 Å². The second-order valence-electron chi connectivity index (χ2n) is 4.98. The van der Waals surface area contributed by atoms with Crippen LogP contribution in [0.1, 0.15) is 19.4 Å². The monoisotopic (exact) mass is 264 g/mol. The Labute approximate surface area is 113 Å². The van der Waals surface area contributed by atoms with Gasteiger partial charge in [-0.05, 0) is 18.6 Å². The quantitative estimate of drug-likeness (QED) is 0.899. The van der Waals surface area contributed by atoms with Gasteiger partial charge in [0.2, 0.25) is 12.7 Å². The van der Waals surface area contributed by atoms with Crippen LogP contribution in [-0.2, 0) is 4.79 Å². The lowest BCUT2D eigenvalue weighted by molar-refractivity contribution is -0.117. The van der Waals surface area contributed by atoms with Gasteiger partial charge in [-0.2, -0.15) is 0 Å². The highest BCUT2D eigenvalue weighted by Gasteiger charge is 2.20. The molecular formula is C14H20N2O3. The highest BCUT2D eigenvalue weighted by Crippen LogP contribution is 2.37. The van der Waals surface area contributed by atoms with Crippen molar-refractivity contribution in [2.45, 2.75) is 26.8 Å². The summed E-state index contributed by atoms with van der Waals surface area (Å²) in [5.41, 5.74) is 1.84. The maximum Gasteiger partial charge on any atom is 0.240 e. The Kier molecular flexibility index (Phi) is 3.95. The minimum absolute atomic E-state index is 0.0238. The maximum atomic E-state index is 12.1. The predicted octanol–water partition coefficient (Wildman–Crippen LogP) is 1.68. The SMILES string of the molecule is Cc1cc2c(cc1N(C)C(=O)CNC(C)C)OCO2. The minimum Gasteiger partial charge on any atom is -0.454 e. The number of nitrogens with one attached hydrogen (secondary N) is 1. The van der Waals surface area contributed by atoms with Crippen molar-refractivity contribution in [3.05, 3.63) is 17.7 Å². The van der Waals surface area contributed by atoms with E-state index in [4.69, 9.17) is 9.47 Å². The molecule has 5 nitrogen and oxygen atoms in total. The number of carbonyl (C=O) groups excluding carboxylic acids is 1. The molecule has 0 saturated carbocycles. The van der Waals surface area contributed by atoms with E-state index in [9.17, 15) is 4.79 Å². The number of amides is 1. The van der Waals surface area contributed by atoms with Crippen LogP contribution < -0.4 is 19.7 Å². The number of hydrogen-bond acceptors (Lipinski definition) is 4. The topological polar surface area (TPSA) is 50.8 Å². The van der Waals surface area contributed by atoms with Gasteiger partial charge < -0.3 is 19.7 Å². The second kappa shape index (κ2) is 5.48. The van der Waals surface area contributed by atoms with E-state index in [1.165, 1.54) is 0 Å². The third-order valence-electron chi connectivity index (χ3n) is 3.09. The highest BCUT2D eigenvalue weighted by molar-refractivity contribution is 5.95. The van der Waals surface area contributed by atoms with Crippen LogP contribution in [0.3, 0.4) is 0 Å². The standard InChI is InChI=1S/C14H20N2O3/c1-9(2)15-7-14(17)16(4)11-6-13-12(5-10(11)3)18-8-19-13/h5-6,9,15H,7-8H2,1-4H3. The van der Waals surface area contributed by atoms with E-state index >= 15 is 0 Å². The second-order valence-corrected chi connectivity index (χ2v) is 4.98. The van der Waals surface area contributed by atoms with Crippen molar-refractivity contribution in [3.63, 3.8) is 0 Å². The summed E-state index contributed by atoms with van der Waals surface area (Å²) in [6.07, 6.45) is 0. The Morgan fingerprint density at radius 1 is 1.37 bits per heavy atom. The van der Waals surface area contributed by atoms with Crippen LogP contribution in [0.4, 0.5) is 5.69 Å². The molecular weight excluding hydrogens is 244 g/mol. The number of ether oxygens (including phenoxy) is 2. The summed E-state index contributed by atoms with van der Waals surface area (Å²) in [6.45, 7) is 6.54. The molecule has 0 fully saturated rings. The molecule has 1 aliphatic rings. The van der Waals surface area contributed by atoms with Crippen molar-refractivity contribution in [3.8, 4) is 11.5 Å². The van der Waals surface area contributed by atoms with Crippen LogP contribution in [0.25, 0.3) is 0 Å². The molecule has 0 atom stereocenters. The number of aryl methyl sites for hydroxylation is 1. The first-order chi connectivity index (χ1) is 8.99. The van der Waals surface area contributed by atoms with Crippen LogP contribution in [-0.4, -0.2) is 32.3 Å². The smallest absolute Gasteiger partial charge is 0.240 e. The van der Waals surface area contributed by atoms with E-state index in [2.05, 4.69) is 5.32 Å². The van der Waals surface area contributed by atoms with Gasteiger partial charge in [-0.25, -0.2) is 0 Å². The molecule has 1 aliphatic heterocycles. The van der Waals surface area contributed by atoms with Gasteiger partial charge in [0.05, 0.1) is 12.2 Å². The number of fused-ring (bicyclic) bond motifs is 1. The number of carbonyl (C=O) groups is 1. The first-order valence-corrected chi connectivity index (χ1v) is 6.39. The van der Waals surface area contributed by atoms with Crippen LogP contribution >= 0.6 is 0 Å². The molecule has 0 radical (unpaired) electrons. The molecule has 0 aliphatic carbocycles. The lowest BCUT2D eigenvalue weighted by atomic mass is 10.1. The van der Waals surface area contributed by atoms with Gasteiger partial charge in [0.1, 0.15) is 0 Å². The first-order valence-electron chi connectivity index (χ1n) is 6.39. The molecule has 1 aromatic rings. The molecule has 5 heteroatoms. The number of likely N-dealkylation sites (N-methyl/N-ethyl adjacent to an activating group) is 1. The first kappa shape index (κ1) is 13.7. The zero-order valence-electron chi connectivity index (χ0n) is 11.8. The third kappa shape index (κ3) is 2.98. The third-order valence-corrected chi connectivity index (χ3v) is 3.09. The highest BCUT2D eigenvalue weighted by atomic mass is 16.7. The fourth-order valence-electron chi connectivity index (χ4n) is 1.94. The fourth-order valence-corrected chi connectivity index (χ4v) is 1.94. The number of hydrogen-bond donors (Lipinski definition) is 1. The summed E-state index contributed by atoms with van der Waals surface area (Å²) in [6, 6.07) is 4.04. The largest absolute Gasteiger partial charge is 0.454 e. The molecule has 1 amide bonds. The van der Waals surface area contributed by atoms with Gasteiger partial charge in [0.15, 0.2) is 11.5 Å². The lowest BCUT2D eigenvalue weighted by Crippen LogP contribution is -2.38. The molecule has 1 aromatic carbocycles. The van der Waals surface area contributed by atoms with E-state index < -0.39 is 0 Å². The normalized spacial score (nSPS) is 12.9. The Morgan fingerprint density at radius 2 is 2.00 bits per heavy atom. The number of rotatable bonds is 4. The Hall–Kier alpha value is -1.75.